The molecule has 2 N–H and O–H groups in total. The van der Waals surface area contributed by atoms with Crippen LogP contribution in [0.2, 0.25) is 0 Å². The van der Waals surface area contributed by atoms with Gasteiger partial charge in [-0.25, -0.2) is 0 Å². The van der Waals surface area contributed by atoms with Gasteiger partial charge in [0.2, 0.25) is 5.91 Å². The predicted molar refractivity (Wildman–Crippen MR) is 71.1 cm³/mol. The summed E-state index contributed by atoms with van der Waals surface area (Å²) >= 11 is 0. The molecule has 1 saturated heterocycles. The molecule has 0 spiro atoms. The first-order valence-electron chi connectivity index (χ1n) is 7.25. The first-order valence-corrected chi connectivity index (χ1v) is 7.25. The van der Waals surface area contributed by atoms with Crippen molar-refractivity contribution in [3.05, 3.63) is 0 Å². The predicted octanol–water partition coefficient (Wildman–Crippen LogP) is 1.39. The number of amides is 1. The third kappa shape index (κ3) is 3.69. The van der Waals surface area contributed by atoms with E-state index in [2.05, 4.69) is 0 Å². The smallest absolute Gasteiger partial charge is 0.225 e. The Labute approximate surface area is 110 Å². The van der Waals surface area contributed by atoms with Crippen LogP contribution in [0.3, 0.4) is 0 Å². The number of carbonyl (C=O) groups is 1. The maximum absolute atomic E-state index is 12.3. The number of nitrogens with zero attached hydrogens (tertiary/aromatic N) is 1. The highest BCUT2D eigenvalue weighted by atomic mass is 16.5. The van der Waals surface area contributed by atoms with E-state index >= 15 is 0 Å². The molecule has 4 nitrogen and oxygen atoms in total. The fraction of sp³-hybridized carbons (Fsp3) is 0.929. The molecule has 104 valence electrons. The van der Waals surface area contributed by atoms with E-state index in [1.54, 1.807) is 0 Å². The fourth-order valence-electron chi connectivity index (χ4n) is 3.19. The van der Waals surface area contributed by atoms with Crippen LogP contribution in [0.5, 0.6) is 0 Å². The maximum Gasteiger partial charge on any atom is 0.225 e. The van der Waals surface area contributed by atoms with E-state index in [-0.39, 0.29) is 17.9 Å². The van der Waals surface area contributed by atoms with Crippen molar-refractivity contribution in [1.29, 1.82) is 0 Å². The van der Waals surface area contributed by atoms with Gasteiger partial charge >= 0.3 is 0 Å². The number of hydrogen-bond acceptors (Lipinski definition) is 3. The molecule has 0 bridgehead atoms. The standard InChI is InChI=1S/C14H26N2O2/c1-16(9-11-4-3-7-18-10-11)14(17)12-5-2-6-13(15)8-12/h11-13H,2-10,15H2,1H3. The van der Waals surface area contributed by atoms with Crippen LogP contribution in [0.4, 0.5) is 0 Å². The average Bonchev–Trinajstić information content (AvgIpc) is 2.39. The topological polar surface area (TPSA) is 55.6 Å². The molecule has 2 fully saturated rings. The highest BCUT2D eigenvalue weighted by Gasteiger charge is 2.28. The van der Waals surface area contributed by atoms with Crippen LogP contribution in [-0.2, 0) is 9.53 Å². The summed E-state index contributed by atoms with van der Waals surface area (Å²) in [6, 6.07) is 0.221. The Hall–Kier alpha value is -0.610. The van der Waals surface area contributed by atoms with Crippen molar-refractivity contribution >= 4 is 5.91 Å². The van der Waals surface area contributed by atoms with Crippen LogP contribution in [0.25, 0.3) is 0 Å². The Morgan fingerprint density at radius 1 is 1.33 bits per heavy atom. The second-order valence-electron chi connectivity index (χ2n) is 5.93. The van der Waals surface area contributed by atoms with E-state index in [0.717, 1.165) is 51.9 Å². The Morgan fingerprint density at radius 2 is 2.17 bits per heavy atom. The first kappa shape index (κ1) is 13.8. The number of nitrogens with two attached hydrogens (primary N) is 1. The van der Waals surface area contributed by atoms with Gasteiger partial charge in [-0.3, -0.25) is 4.79 Å². The summed E-state index contributed by atoms with van der Waals surface area (Å²) in [4.78, 5) is 14.3. The lowest BCUT2D eigenvalue weighted by Gasteiger charge is -2.32. The highest BCUT2D eigenvalue weighted by Crippen LogP contribution is 2.25. The molecule has 1 aliphatic heterocycles. The summed E-state index contributed by atoms with van der Waals surface area (Å²) in [6.45, 7) is 2.53. The van der Waals surface area contributed by atoms with Crippen LogP contribution in [0.1, 0.15) is 38.5 Å². The van der Waals surface area contributed by atoms with Crippen LogP contribution in [-0.4, -0.2) is 43.7 Å². The minimum Gasteiger partial charge on any atom is -0.381 e. The Morgan fingerprint density at radius 3 is 2.83 bits per heavy atom. The van der Waals surface area contributed by atoms with Crippen molar-refractivity contribution in [1.82, 2.24) is 4.90 Å². The molecular formula is C14H26N2O2. The summed E-state index contributed by atoms with van der Waals surface area (Å²) in [5.74, 6) is 0.962. The van der Waals surface area contributed by atoms with E-state index in [4.69, 9.17) is 10.5 Å². The minimum absolute atomic E-state index is 0.156. The van der Waals surface area contributed by atoms with Gasteiger partial charge in [0.05, 0.1) is 6.61 Å². The normalized spacial score (nSPS) is 33.1. The molecule has 1 heterocycles. The summed E-state index contributed by atoms with van der Waals surface area (Å²) in [6.07, 6.45) is 6.35. The molecule has 3 atom stereocenters. The lowest BCUT2D eigenvalue weighted by atomic mass is 9.85. The summed E-state index contributed by atoms with van der Waals surface area (Å²) in [7, 11) is 1.93. The van der Waals surface area contributed by atoms with Crippen molar-refractivity contribution in [2.75, 3.05) is 26.8 Å². The molecular weight excluding hydrogens is 228 g/mol. The Balaban J connectivity index is 1.79. The Bertz CT molecular complexity index is 277. The summed E-state index contributed by atoms with van der Waals surface area (Å²) in [5.41, 5.74) is 5.96. The molecule has 1 aliphatic carbocycles. The van der Waals surface area contributed by atoms with Crippen LogP contribution >= 0.6 is 0 Å². The van der Waals surface area contributed by atoms with E-state index in [1.165, 1.54) is 6.42 Å². The molecule has 1 amide bonds. The van der Waals surface area contributed by atoms with Crippen LogP contribution < -0.4 is 5.73 Å². The van der Waals surface area contributed by atoms with Gasteiger partial charge in [0.1, 0.15) is 0 Å². The van der Waals surface area contributed by atoms with E-state index in [0.29, 0.717) is 5.92 Å². The average molecular weight is 254 g/mol. The van der Waals surface area contributed by atoms with Crippen molar-refractivity contribution in [3.63, 3.8) is 0 Å². The molecule has 2 rings (SSSR count). The zero-order valence-electron chi connectivity index (χ0n) is 11.4. The lowest BCUT2D eigenvalue weighted by Crippen LogP contribution is -2.41. The number of rotatable bonds is 3. The lowest BCUT2D eigenvalue weighted by molar-refractivity contribution is -0.136. The number of ether oxygens (including phenoxy) is 1. The van der Waals surface area contributed by atoms with E-state index in [9.17, 15) is 4.79 Å². The van der Waals surface area contributed by atoms with Gasteiger partial charge in [-0.1, -0.05) is 6.42 Å². The van der Waals surface area contributed by atoms with Crippen molar-refractivity contribution < 1.29 is 9.53 Å². The zero-order chi connectivity index (χ0) is 13.0. The summed E-state index contributed by atoms with van der Waals surface area (Å²) < 4.78 is 5.47. The highest BCUT2D eigenvalue weighted by molar-refractivity contribution is 5.78. The minimum atomic E-state index is 0.156. The molecule has 0 aromatic carbocycles. The zero-order valence-corrected chi connectivity index (χ0v) is 11.4. The van der Waals surface area contributed by atoms with Gasteiger partial charge in [-0.05, 0) is 38.0 Å². The molecule has 3 unspecified atom stereocenters. The molecule has 0 radical (unpaired) electrons. The number of carbonyl (C=O) groups excluding carboxylic acids is 1. The SMILES string of the molecule is CN(CC1CCCOC1)C(=O)C1CCCC(N)C1. The van der Waals surface area contributed by atoms with Crippen molar-refractivity contribution in [2.24, 2.45) is 17.6 Å². The largest absolute Gasteiger partial charge is 0.381 e. The van der Waals surface area contributed by atoms with Gasteiger partial charge in [0, 0.05) is 32.2 Å². The summed E-state index contributed by atoms with van der Waals surface area (Å²) in [5, 5.41) is 0. The molecule has 1 saturated carbocycles. The second kappa shape index (κ2) is 6.53. The molecule has 2 aliphatic rings. The maximum atomic E-state index is 12.3. The van der Waals surface area contributed by atoms with Gasteiger partial charge in [-0.15, -0.1) is 0 Å². The fourth-order valence-corrected chi connectivity index (χ4v) is 3.19. The molecule has 0 aromatic heterocycles. The van der Waals surface area contributed by atoms with E-state index in [1.807, 2.05) is 11.9 Å². The second-order valence-corrected chi connectivity index (χ2v) is 5.93. The third-order valence-corrected chi connectivity index (χ3v) is 4.23. The molecule has 4 heteroatoms. The quantitative estimate of drug-likeness (QED) is 0.828. The van der Waals surface area contributed by atoms with E-state index < -0.39 is 0 Å². The van der Waals surface area contributed by atoms with Crippen molar-refractivity contribution in [3.8, 4) is 0 Å². The van der Waals surface area contributed by atoms with Gasteiger partial charge in [0.15, 0.2) is 0 Å². The van der Waals surface area contributed by atoms with Gasteiger partial charge in [0.25, 0.3) is 0 Å². The first-order chi connectivity index (χ1) is 8.66. The van der Waals surface area contributed by atoms with Crippen molar-refractivity contribution in [2.45, 2.75) is 44.6 Å². The molecule has 18 heavy (non-hydrogen) atoms. The third-order valence-electron chi connectivity index (χ3n) is 4.23. The van der Waals surface area contributed by atoms with Gasteiger partial charge < -0.3 is 15.4 Å². The Kier molecular flexibility index (Phi) is 5.01. The van der Waals surface area contributed by atoms with Gasteiger partial charge in [-0.2, -0.15) is 0 Å². The van der Waals surface area contributed by atoms with Crippen LogP contribution in [0.15, 0.2) is 0 Å². The molecule has 0 aromatic rings. The number of hydrogen-bond donors (Lipinski definition) is 1. The monoisotopic (exact) mass is 254 g/mol. The van der Waals surface area contributed by atoms with Crippen LogP contribution in [0, 0.1) is 11.8 Å².